The minimum Gasteiger partial charge on any atom is -0.372 e. The van der Waals surface area contributed by atoms with Crippen LogP contribution in [0.4, 0.5) is 10.2 Å². The summed E-state index contributed by atoms with van der Waals surface area (Å²) in [5, 5.41) is 18.4. The molecule has 3 aromatic heterocycles. The maximum atomic E-state index is 13.5. The van der Waals surface area contributed by atoms with Crippen LogP contribution in [0.15, 0.2) is 67.1 Å². The van der Waals surface area contributed by atoms with E-state index in [1.807, 2.05) is 45.9 Å². The Morgan fingerprint density at radius 2 is 1.88 bits per heavy atom. The molecule has 164 valence electrons. The Kier molecular flexibility index (Phi) is 5.46. The first-order chi connectivity index (χ1) is 15.6. The number of benzene rings is 1. The Hall–Kier alpha value is -3.49. The first-order valence-corrected chi connectivity index (χ1v) is 10.6. The average molecular weight is 433 g/mol. The monoisotopic (exact) mass is 432 g/mol. The van der Waals surface area contributed by atoms with Gasteiger partial charge in [0.2, 0.25) is 0 Å². The average Bonchev–Trinajstić information content (AvgIpc) is 3.41. The van der Waals surface area contributed by atoms with Gasteiger partial charge in [-0.25, -0.2) is 9.37 Å². The molecule has 0 bridgehead atoms. The number of anilines is 1. The number of aromatic nitrogens is 4. The number of halogens is 1. The molecule has 0 spiro atoms. The largest absolute Gasteiger partial charge is 0.372 e. The molecule has 7 nitrogen and oxygen atoms in total. The molecule has 1 aromatic carbocycles. The number of pyridine rings is 1. The second-order valence-corrected chi connectivity index (χ2v) is 8.11. The normalized spacial score (nSPS) is 14.8. The van der Waals surface area contributed by atoms with Gasteiger partial charge in [0.25, 0.3) is 0 Å². The van der Waals surface area contributed by atoms with Crippen molar-refractivity contribution in [2.45, 2.75) is 25.9 Å². The van der Waals surface area contributed by atoms with Gasteiger partial charge < -0.3 is 15.0 Å². The van der Waals surface area contributed by atoms with E-state index in [9.17, 15) is 9.50 Å². The van der Waals surface area contributed by atoms with E-state index in [1.54, 1.807) is 18.3 Å². The Morgan fingerprint density at radius 3 is 2.66 bits per heavy atom. The number of hydrogen-bond donors (Lipinski definition) is 2. The third kappa shape index (κ3) is 4.15. The number of aliphatic hydroxyl groups excluding tert-OH is 1. The fourth-order valence-corrected chi connectivity index (χ4v) is 4.13. The summed E-state index contributed by atoms with van der Waals surface area (Å²) >= 11 is 0. The summed E-state index contributed by atoms with van der Waals surface area (Å²) in [7, 11) is 2.09. The van der Waals surface area contributed by atoms with Gasteiger partial charge in [-0.1, -0.05) is 0 Å². The van der Waals surface area contributed by atoms with E-state index < -0.39 is 6.23 Å². The van der Waals surface area contributed by atoms with Gasteiger partial charge >= 0.3 is 0 Å². The molecule has 32 heavy (non-hydrogen) atoms. The van der Waals surface area contributed by atoms with Crippen molar-refractivity contribution < 1.29 is 9.50 Å². The van der Waals surface area contributed by atoms with E-state index in [2.05, 4.69) is 22.2 Å². The van der Waals surface area contributed by atoms with Crippen molar-refractivity contribution in [3.8, 4) is 22.4 Å². The highest BCUT2D eigenvalue weighted by Gasteiger charge is 2.25. The molecular weight excluding hydrogens is 407 g/mol. The van der Waals surface area contributed by atoms with Crippen LogP contribution < -0.4 is 5.32 Å². The molecule has 1 aliphatic rings. The van der Waals surface area contributed by atoms with Gasteiger partial charge in [-0.05, 0) is 61.1 Å². The predicted molar refractivity (Wildman–Crippen MR) is 121 cm³/mol. The van der Waals surface area contributed by atoms with Crippen molar-refractivity contribution in [1.29, 1.82) is 0 Å². The zero-order valence-corrected chi connectivity index (χ0v) is 17.8. The van der Waals surface area contributed by atoms with Crippen molar-refractivity contribution in [2.24, 2.45) is 0 Å². The highest BCUT2D eigenvalue weighted by molar-refractivity contribution is 5.83. The van der Waals surface area contributed by atoms with E-state index in [1.165, 1.54) is 12.1 Å². The van der Waals surface area contributed by atoms with Gasteiger partial charge in [-0.2, -0.15) is 5.10 Å². The Labute approximate surface area is 185 Å². The van der Waals surface area contributed by atoms with E-state index in [-0.39, 0.29) is 5.82 Å². The molecule has 0 amide bonds. The highest BCUT2D eigenvalue weighted by atomic mass is 19.1. The predicted octanol–water partition coefficient (Wildman–Crippen LogP) is 3.43. The molecule has 2 N–H and O–H groups in total. The standard InChI is InChI=1S/C24H25FN6O/c1-29-12-13-31-20(15-29)23(24(28-31)17-4-6-19(25)7-5-17)18-8-9-26-21(14-18)27-22(32)16-30-10-2-3-11-30/h2-11,14,22,32H,12-13,15-16H2,1H3,(H,26,27). The van der Waals surface area contributed by atoms with Crippen LogP contribution in [-0.4, -0.2) is 49.2 Å². The summed E-state index contributed by atoms with van der Waals surface area (Å²) in [6.07, 6.45) is 4.75. The zero-order chi connectivity index (χ0) is 22.1. The Balaban J connectivity index is 1.51. The van der Waals surface area contributed by atoms with Gasteiger partial charge in [0.1, 0.15) is 23.6 Å². The second-order valence-electron chi connectivity index (χ2n) is 8.11. The van der Waals surface area contributed by atoms with Crippen molar-refractivity contribution in [3.05, 3.63) is 78.6 Å². The van der Waals surface area contributed by atoms with Crippen molar-refractivity contribution in [2.75, 3.05) is 18.9 Å². The molecule has 8 heteroatoms. The Morgan fingerprint density at radius 1 is 1.09 bits per heavy atom. The van der Waals surface area contributed by atoms with Gasteiger partial charge in [0.15, 0.2) is 0 Å². The maximum Gasteiger partial charge on any atom is 0.143 e. The fourth-order valence-electron chi connectivity index (χ4n) is 4.13. The molecule has 0 saturated heterocycles. The summed E-state index contributed by atoms with van der Waals surface area (Å²) in [5.74, 6) is 0.308. The Bertz CT molecular complexity index is 1200. The second kappa shape index (κ2) is 8.57. The quantitative estimate of drug-likeness (QED) is 0.457. The van der Waals surface area contributed by atoms with Crippen LogP contribution in [0.2, 0.25) is 0 Å². The molecular formula is C24H25FN6O. The minimum atomic E-state index is -0.783. The lowest BCUT2D eigenvalue weighted by Crippen LogP contribution is -2.30. The fraction of sp³-hybridized carbons (Fsp3) is 0.250. The summed E-state index contributed by atoms with van der Waals surface area (Å²) in [6, 6.07) is 14.2. The van der Waals surface area contributed by atoms with Crippen LogP contribution in [0.25, 0.3) is 22.4 Å². The van der Waals surface area contributed by atoms with Crippen LogP contribution in [0, 0.1) is 5.82 Å². The van der Waals surface area contributed by atoms with Crippen LogP contribution >= 0.6 is 0 Å². The van der Waals surface area contributed by atoms with Crippen LogP contribution in [0.3, 0.4) is 0 Å². The number of hydrogen-bond acceptors (Lipinski definition) is 5. The van der Waals surface area contributed by atoms with E-state index >= 15 is 0 Å². The summed E-state index contributed by atoms with van der Waals surface area (Å²) in [5.41, 5.74) is 4.76. The third-order valence-corrected chi connectivity index (χ3v) is 5.70. The number of nitrogens with zero attached hydrogens (tertiary/aromatic N) is 5. The third-order valence-electron chi connectivity index (χ3n) is 5.70. The molecule has 5 rings (SSSR count). The number of aliphatic hydroxyl groups is 1. The molecule has 1 atom stereocenters. The SMILES string of the molecule is CN1CCn2nc(-c3ccc(F)cc3)c(-c3ccnc(NC(O)Cn4cccc4)c3)c2C1. The smallest absolute Gasteiger partial charge is 0.143 e. The topological polar surface area (TPSA) is 71.1 Å². The summed E-state index contributed by atoms with van der Waals surface area (Å²) in [4.78, 5) is 6.65. The van der Waals surface area contributed by atoms with E-state index in [0.29, 0.717) is 12.4 Å². The maximum absolute atomic E-state index is 13.5. The zero-order valence-electron chi connectivity index (χ0n) is 17.8. The van der Waals surface area contributed by atoms with Crippen LogP contribution in [0.5, 0.6) is 0 Å². The lowest BCUT2D eigenvalue weighted by molar-refractivity contribution is 0.182. The molecule has 4 aromatic rings. The van der Waals surface area contributed by atoms with Crippen molar-refractivity contribution >= 4 is 5.82 Å². The molecule has 0 radical (unpaired) electrons. The molecule has 1 aliphatic heterocycles. The van der Waals surface area contributed by atoms with Gasteiger partial charge in [-0.3, -0.25) is 9.58 Å². The molecule has 0 saturated carbocycles. The molecule has 0 aliphatic carbocycles. The first-order valence-electron chi connectivity index (χ1n) is 10.6. The number of rotatable bonds is 6. The molecule has 1 unspecified atom stereocenters. The number of nitrogens with one attached hydrogen (secondary N) is 1. The first kappa shape index (κ1) is 20.4. The summed E-state index contributed by atoms with van der Waals surface area (Å²) < 4.78 is 17.5. The van der Waals surface area contributed by atoms with Gasteiger partial charge in [0, 0.05) is 42.8 Å². The van der Waals surface area contributed by atoms with Crippen molar-refractivity contribution in [1.82, 2.24) is 24.2 Å². The molecule has 4 heterocycles. The lowest BCUT2D eigenvalue weighted by Gasteiger charge is -2.24. The van der Waals surface area contributed by atoms with E-state index in [0.717, 1.165) is 47.7 Å². The molecule has 0 fully saturated rings. The highest BCUT2D eigenvalue weighted by Crippen LogP contribution is 2.37. The van der Waals surface area contributed by atoms with Crippen LogP contribution in [-0.2, 0) is 19.6 Å². The minimum absolute atomic E-state index is 0.272. The van der Waals surface area contributed by atoms with Gasteiger partial charge in [-0.15, -0.1) is 0 Å². The number of fused-ring (bicyclic) bond motifs is 1. The van der Waals surface area contributed by atoms with Crippen LogP contribution in [0.1, 0.15) is 5.69 Å². The number of likely N-dealkylation sites (N-methyl/N-ethyl adjacent to an activating group) is 1. The van der Waals surface area contributed by atoms with E-state index in [4.69, 9.17) is 5.10 Å². The van der Waals surface area contributed by atoms with Gasteiger partial charge in [0.05, 0.1) is 18.8 Å². The summed E-state index contributed by atoms with van der Waals surface area (Å²) in [6.45, 7) is 2.90. The lowest BCUT2D eigenvalue weighted by atomic mass is 9.98. The van der Waals surface area contributed by atoms with Crippen molar-refractivity contribution in [3.63, 3.8) is 0 Å².